The van der Waals surface area contributed by atoms with Crippen LogP contribution in [0.5, 0.6) is 0 Å². The molecule has 0 saturated heterocycles. The van der Waals surface area contributed by atoms with E-state index in [1.807, 2.05) is 0 Å². The first kappa shape index (κ1) is 22.9. The molecule has 0 spiro atoms. The minimum absolute atomic E-state index is 0.0543. The topological polar surface area (TPSA) is 102 Å². The predicted octanol–water partition coefficient (Wildman–Crippen LogP) is 1.90. The highest BCUT2D eigenvalue weighted by atomic mass is 35.5. The second kappa shape index (κ2) is 8.75. The molecule has 0 amide bonds. The fourth-order valence-electron chi connectivity index (χ4n) is 3.17. The number of ether oxygens (including phenoxy) is 2. The van der Waals surface area contributed by atoms with Gasteiger partial charge in [-0.05, 0) is 44.1 Å². The molecule has 31 heavy (non-hydrogen) atoms. The van der Waals surface area contributed by atoms with Crippen LogP contribution in [0.1, 0.15) is 30.1 Å². The van der Waals surface area contributed by atoms with Gasteiger partial charge in [-0.25, -0.2) is 23.3 Å². The maximum absolute atomic E-state index is 14.6. The molecule has 0 unspecified atom stereocenters. The lowest BCUT2D eigenvalue weighted by Crippen LogP contribution is -2.44. The third-order valence-electron chi connectivity index (χ3n) is 5.02. The van der Waals surface area contributed by atoms with E-state index >= 15 is 0 Å². The summed E-state index contributed by atoms with van der Waals surface area (Å²) < 4.78 is 27.3. The Labute approximate surface area is 185 Å². The Bertz CT molecular complexity index is 1200. The number of rotatable bonds is 5. The average Bonchev–Trinajstić information content (AvgIpc) is 2.68. The highest BCUT2D eigenvalue weighted by molar-refractivity contribution is 7.71. The van der Waals surface area contributed by atoms with Gasteiger partial charge >= 0.3 is 23.3 Å². The van der Waals surface area contributed by atoms with Gasteiger partial charge in [0.25, 0.3) is 0 Å². The smallest absolute Gasteiger partial charge is 0.340 e. The van der Waals surface area contributed by atoms with E-state index in [0.717, 1.165) is 21.3 Å². The lowest BCUT2D eigenvalue weighted by atomic mass is 9.82. The molecule has 0 aliphatic heterocycles. The fourth-order valence-corrected chi connectivity index (χ4v) is 3.55. The summed E-state index contributed by atoms with van der Waals surface area (Å²) in [6, 6.07) is 1.80. The minimum Gasteiger partial charge on any atom is -0.466 e. The molecule has 1 fully saturated rings. The van der Waals surface area contributed by atoms with Crippen LogP contribution in [-0.4, -0.2) is 38.4 Å². The third kappa shape index (κ3) is 4.19. The molecule has 1 aliphatic carbocycles. The molecule has 3 rings (SSSR count). The molecule has 166 valence electrons. The highest BCUT2D eigenvalue weighted by Crippen LogP contribution is 2.33. The molecular weight excluding hydrogens is 453 g/mol. The number of aromatic nitrogens is 3. The number of carbonyl (C=O) groups is 2. The monoisotopic (exact) mass is 471 g/mol. The van der Waals surface area contributed by atoms with Gasteiger partial charge in [-0.15, -0.1) is 0 Å². The molecule has 12 heteroatoms. The first-order chi connectivity index (χ1) is 14.6. The van der Waals surface area contributed by atoms with Crippen LogP contribution < -0.4 is 11.4 Å². The largest absolute Gasteiger partial charge is 0.466 e. The molecule has 1 aliphatic rings. The first-order valence-corrected chi connectivity index (χ1v) is 10.1. The SMILES string of the molecule is CCOC(=O)C1CC(OC(=O)c2cc(-n3c(=O)n(C)c(=S)n(C)c3=O)c(F)cc2Cl)C1. The maximum atomic E-state index is 14.6. The van der Waals surface area contributed by atoms with Gasteiger partial charge < -0.3 is 9.47 Å². The first-order valence-electron chi connectivity index (χ1n) is 9.32. The van der Waals surface area contributed by atoms with Gasteiger partial charge in [0.1, 0.15) is 11.9 Å². The summed E-state index contributed by atoms with van der Waals surface area (Å²) in [5.74, 6) is -2.56. The molecule has 0 bridgehead atoms. The summed E-state index contributed by atoms with van der Waals surface area (Å²) in [6.07, 6.45) is 0.0676. The van der Waals surface area contributed by atoms with Crippen molar-refractivity contribution in [2.24, 2.45) is 20.0 Å². The maximum Gasteiger partial charge on any atom is 0.340 e. The molecule has 1 saturated carbocycles. The second-order valence-electron chi connectivity index (χ2n) is 7.03. The van der Waals surface area contributed by atoms with Crippen LogP contribution >= 0.6 is 23.8 Å². The number of carbonyl (C=O) groups excluding carboxylic acids is 2. The lowest BCUT2D eigenvalue weighted by Gasteiger charge is -2.32. The minimum atomic E-state index is -0.983. The summed E-state index contributed by atoms with van der Waals surface area (Å²) in [5.41, 5.74) is -2.46. The number of halogens is 2. The Hall–Kier alpha value is -2.79. The van der Waals surface area contributed by atoms with Crippen molar-refractivity contribution in [1.29, 1.82) is 0 Å². The Morgan fingerprint density at radius 2 is 1.77 bits per heavy atom. The van der Waals surface area contributed by atoms with Crippen LogP contribution in [0.15, 0.2) is 21.7 Å². The van der Waals surface area contributed by atoms with Gasteiger partial charge in [0.15, 0.2) is 4.77 Å². The van der Waals surface area contributed by atoms with Crippen molar-refractivity contribution in [3.63, 3.8) is 0 Å². The number of hydrogen-bond donors (Lipinski definition) is 0. The zero-order valence-corrected chi connectivity index (χ0v) is 18.5. The van der Waals surface area contributed by atoms with Crippen molar-refractivity contribution >= 4 is 35.8 Å². The molecule has 1 aromatic heterocycles. The van der Waals surface area contributed by atoms with Gasteiger partial charge in [0.2, 0.25) is 0 Å². The number of hydrogen-bond acceptors (Lipinski definition) is 7. The summed E-state index contributed by atoms with van der Waals surface area (Å²) >= 11 is 11.0. The standard InChI is InChI=1S/C19H19ClFN3O6S/c1-4-29-15(25)9-5-10(6-9)30-16(26)11-7-14(13(21)8-12(11)20)24-17(27)22(2)19(31)23(3)18(24)28/h7-10H,4-6H2,1-3H3. The van der Waals surface area contributed by atoms with E-state index in [-0.39, 0.29) is 33.9 Å². The van der Waals surface area contributed by atoms with E-state index in [2.05, 4.69) is 0 Å². The van der Waals surface area contributed by atoms with Crippen molar-refractivity contribution in [2.75, 3.05) is 6.61 Å². The lowest BCUT2D eigenvalue weighted by molar-refractivity contribution is -0.155. The summed E-state index contributed by atoms with van der Waals surface area (Å²) in [6.45, 7) is 1.96. The van der Waals surface area contributed by atoms with Crippen LogP contribution in [0, 0.1) is 16.5 Å². The van der Waals surface area contributed by atoms with Crippen molar-refractivity contribution in [3.05, 3.63) is 54.3 Å². The van der Waals surface area contributed by atoms with Gasteiger partial charge in [0.05, 0.1) is 28.8 Å². The normalized spacial score (nSPS) is 17.7. The third-order valence-corrected chi connectivity index (χ3v) is 5.88. The zero-order chi connectivity index (χ0) is 23.0. The summed E-state index contributed by atoms with van der Waals surface area (Å²) in [4.78, 5) is 49.4. The Kier molecular flexibility index (Phi) is 6.46. The fraction of sp³-hybridized carbons (Fsp3) is 0.421. The van der Waals surface area contributed by atoms with Crippen molar-refractivity contribution < 1.29 is 23.5 Å². The van der Waals surface area contributed by atoms with Crippen molar-refractivity contribution in [2.45, 2.75) is 25.9 Å². The van der Waals surface area contributed by atoms with Gasteiger partial charge in [-0.3, -0.25) is 13.9 Å². The highest BCUT2D eigenvalue weighted by Gasteiger charge is 2.38. The van der Waals surface area contributed by atoms with Crippen LogP contribution in [0.3, 0.4) is 0 Å². The number of nitrogens with zero attached hydrogens (tertiary/aromatic N) is 3. The van der Waals surface area contributed by atoms with E-state index in [1.165, 1.54) is 14.1 Å². The second-order valence-corrected chi connectivity index (χ2v) is 7.80. The molecule has 0 atom stereocenters. The van der Waals surface area contributed by atoms with Crippen molar-refractivity contribution in [1.82, 2.24) is 13.7 Å². The van der Waals surface area contributed by atoms with Gasteiger partial charge in [-0.1, -0.05) is 11.6 Å². The van der Waals surface area contributed by atoms with E-state index in [0.29, 0.717) is 17.4 Å². The molecule has 2 aromatic rings. The Morgan fingerprint density at radius 3 is 2.32 bits per heavy atom. The number of esters is 2. The summed E-state index contributed by atoms with van der Waals surface area (Å²) in [5, 5.41) is -0.248. The van der Waals surface area contributed by atoms with Crippen LogP contribution in [0.2, 0.25) is 5.02 Å². The quantitative estimate of drug-likeness (QED) is 0.484. The van der Waals surface area contributed by atoms with Crippen molar-refractivity contribution in [3.8, 4) is 5.69 Å². The van der Waals surface area contributed by atoms with Gasteiger partial charge in [0, 0.05) is 14.1 Å². The van der Waals surface area contributed by atoms with Gasteiger partial charge in [-0.2, -0.15) is 0 Å². The predicted molar refractivity (Wildman–Crippen MR) is 111 cm³/mol. The van der Waals surface area contributed by atoms with Crippen LogP contribution in [0.4, 0.5) is 4.39 Å². The van der Waals surface area contributed by atoms with E-state index < -0.39 is 35.0 Å². The zero-order valence-electron chi connectivity index (χ0n) is 16.9. The van der Waals surface area contributed by atoms with E-state index in [1.54, 1.807) is 6.92 Å². The average molecular weight is 472 g/mol. The van der Waals surface area contributed by atoms with E-state index in [9.17, 15) is 23.6 Å². The number of benzene rings is 1. The summed E-state index contributed by atoms with van der Waals surface area (Å²) in [7, 11) is 2.67. The van der Waals surface area contributed by atoms with Crippen LogP contribution in [0.25, 0.3) is 5.69 Å². The Balaban J connectivity index is 1.93. The van der Waals surface area contributed by atoms with E-state index in [4.69, 9.17) is 33.3 Å². The molecule has 0 N–H and O–H groups in total. The molecule has 0 radical (unpaired) electrons. The molecular formula is C19H19ClFN3O6S. The Morgan fingerprint density at radius 1 is 1.19 bits per heavy atom. The molecule has 9 nitrogen and oxygen atoms in total. The van der Waals surface area contributed by atoms with Crippen LogP contribution in [-0.2, 0) is 28.4 Å². The molecule has 1 aromatic carbocycles. The molecule has 1 heterocycles.